The van der Waals surface area contributed by atoms with Gasteiger partial charge < -0.3 is 29.7 Å². The van der Waals surface area contributed by atoms with E-state index >= 15 is 0 Å². The molecule has 16 heteroatoms. The maximum Gasteiger partial charge on any atom is 0.408 e. The molecular weight excluding hydrogens is 706 g/mol. The molecule has 2 aliphatic carbocycles. The van der Waals surface area contributed by atoms with E-state index < -0.39 is 86.5 Å². The second-order valence-corrected chi connectivity index (χ2v) is 16.6. The molecule has 4 amide bonds. The van der Waals surface area contributed by atoms with E-state index in [2.05, 4.69) is 26.9 Å². The van der Waals surface area contributed by atoms with Crippen molar-refractivity contribution in [1.29, 1.82) is 0 Å². The van der Waals surface area contributed by atoms with Crippen molar-refractivity contribution in [3.05, 3.63) is 54.8 Å². The van der Waals surface area contributed by atoms with Crippen LogP contribution in [-0.4, -0.2) is 96.1 Å². The number of benzene rings is 1. The minimum Gasteiger partial charge on any atom is -0.497 e. The lowest BCUT2D eigenvalue weighted by Gasteiger charge is -2.30. The van der Waals surface area contributed by atoms with E-state index in [1.807, 2.05) is 0 Å². The van der Waals surface area contributed by atoms with Crippen molar-refractivity contribution in [1.82, 2.24) is 25.2 Å². The van der Waals surface area contributed by atoms with Crippen LogP contribution >= 0.6 is 0 Å². The summed E-state index contributed by atoms with van der Waals surface area (Å²) in [4.78, 5) is 73.8. The van der Waals surface area contributed by atoms with Crippen molar-refractivity contribution < 1.29 is 46.6 Å². The van der Waals surface area contributed by atoms with E-state index in [9.17, 15) is 32.4 Å². The highest BCUT2D eigenvalue weighted by molar-refractivity contribution is 7.91. The summed E-state index contributed by atoms with van der Waals surface area (Å²) >= 11 is 0. The smallest absolute Gasteiger partial charge is 0.408 e. The lowest BCUT2D eigenvalue weighted by Crippen LogP contribution is -2.58. The van der Waals surface area contributed by atoms with Crippen LogP contribution in [0.5, 0.6) is 11.6 Å². The van der Waals surface area contributed by atoms with Crippen LogP contribution in [0.3, 0.4) is 0 Å². The number of ether oxygens (including phenoxy) is 3. The number of sulfonamides is 1. The molecule has 1 aromatic carbocycles. The predicted octanol–water partition coefficient (Wildman–Crippen LogP) is 3.08. The van der Waals surface area contributed by atoms with Crippen molar-refractivity contribution >= 4 is 50.4 Å². The molecule has 3 aliphatic rings. The maximum absolute atomic E-state index is 14.4. The maximum atomic E-state index is 14.4. The number of aromatic nitrogens is 1. The largest absolute Gasteiger partial charge is 0.497 e. The van der Waals surface area contributed by atoms with Gasteiger partial charge in [-0.25, -0.2) is 18.2 Å². The number of allylic oxidation sites excluding steroid dienone is 2. The van der Waals surface area contributed by atoms with Gasteiger partial charge in [-0.1, -0.05) is 12.2 Å². The van der Waals surface area contributed by atoms with Gasteiger partial charge in [0.25, 0.3) is 5.91 Å². The number of nitrogens with zero attached hydrogens (tertiary/aromatic N) is 2. The number of carbonyl (C=O) groups is 5. The molecular formula is C37H47N5O10S. The molecule has 3 N–H and O–H groups in total. The van der Waals surface area contributed by atoms with Crippen molar-refractivity contribution in [3.8, 4) is 11.6 Å². The van der Waals surface area contributed by atoms with Gasteiger partial charge in [-0.3, -0.25) is 23.9 Å². The number of fused-ring (bicyclic) bond motifs is 1. The second-order valence-electron chi connectivity index (χ2n) is 14.7. The average molecular weight is 754 g/mol. The molecule has 5 atom stereocenters. The van der Waals surface area contributed by atoms with Crippen LogP contribution in [0, 0.1) is 5.92 Å². The molecule has 0 bridgehead atoms. The van der Waals surface area contributed by atoms with Gasteiger partial charge in [0.15, 0.2) is 5.78 Å². The summed E-state index contributed by atoms with van der Waals surface area (Å²) in [6.45, 7) is 11.8. The van der Waals surface area contributed by atoms with Crippen molar-refractivity contribution in [2.24, 2.45) is 5.92 Å². The van der Waals surface area contributed by atoms with E-state index in [0.29, 0.717) is 29.6 Å². The first-order valence-electron chi connectivity index (χ1n) is 17.5. The molecule has 2 saturated carbocycles. The number of ketones is 1. The number of nitrogens with one attached hydrogen (secondary N) is 3. The van der Waals surface area contributed by atoms with Crippen LogP contribution in [0.4, 0.5) is 4.79 Å². The number of hydrogen-bond donors (Lipinski definition) is 3. The molecule has 0 radical (unpaired) electrons. The van der Waals surface area contributed by atoms with E-state index in [1.165, 1.54) is 11.0 Å². The van der Waals surface area contributed by atoms with Gasteiger partial charge in [-0.05, 0) is 89.1 Å². The first kappa shape index (κ1) is 39.2. The van der Waals surface area contributed by atoms with Gasteiger partial charge in [0, 0.05) is 30.3 Å². The Morgan fingerprint density at radius 2 is 1.87 bits per heavy atom. The zero-order valence-corrected chi connectivity index (χ0v) is 31.6. The third-order valence-electron chi connectivity index (χ3n) is 9.56. The Bertz CT molecular complexity index is 1950. The Hall–Kier alpha value is -4.99. The molecule has 1 aromatic heterocycles. The molecule has 1 saturated heterocycles. The zero-order chi connectivity index (χ0) is 38.9. The molecule has 0 spiro atoms. The summed E-state index contributed by atoms with van der Waals surface area (Å²) in [6, 6.07) is 4.40. The van der Waals surface area contributed by atoms with E-state index in [-0.39, 0.29) is 25.3 Å². The molecule has 2 aromatic rings. The standard InChI is InChI=1S/C37H47N5O10S/c1-8-21(3)30(43)18-28(39-35(47)52-36(4,5)6)33(45)42-20-25(51-32-27-13-10-24(50-7)16-22(27)14-15-38-32)17-29(42)31(44)40-37(19-23(37)9-2)34(46)41-53(48,49)26-11-12-26/h8-10,13-16,23,25-26,28-29H,2,11-12,17-20H2,1,3-7H3,(H,39,47)(H,40,44)(H,41,46). The number of hydrogen-bond acceptors (Lipinski definition) is 11. The first-order chi connectivity index (χ1) is 24.9. The van der Waals surface area contributed by atoms with Crippen LogP contribution in [0.2, 0.25) is 0 Å². The van der Waals surface area contributed by atoms with E-state index in [1.54, 1.807) is 78.3 Å². The summed E-state index contributed by atoms with van der Waals surface area (Å²) in [5.74, 6) is -2.53. The number of amides is 4. The molecule has 3 fully saturated rings. The topological polar surface area (TPSA) is 199 Å². The van der Waals surface area contributed by atoms with Crippen molar-refractivity contribution in [3.63, 3.8) is 0 Å². The quantitative estimate of drug-likeness (QED) is 0.189. The fraction of sp³-hybridized carbons (Fsp3) is 0.514. The van der Waals surface area contributed by atoms with Crippen molar-refractivity contribution in [2.75, 3.05) is 13.7 Å². The minimum absolute atomic E-state index is 0.0659. The first-order valence-corrected chi connectivity index (χ1v) is 19.0. The highest BCUT2D eigenvalue weighted by Gasteiger charge is 2.62. The van der Waals surface area contributed by atoms with Gasteiger partial charge in [0.1, 0.15) is 35.1 Å². The zero-order valence-electron chi connectivity index (χ0n) is 30.8. The summed E-state index contributed by atoms with van der Waals surface area (Å²) in [5.41, 5.74) is -2.17. The second kappa shape index (κ2) is 15.2. The number of likely N-dealkylation sites (tertiary alicyclic amines) is 1. The van der Waals surface area contributed by atoms with Gasteiger partial charge in [0.05, 0.1) is 18.9 Å². The fourth-order valence-corrected chi connectivity index (χ4v) is 7.62. The van der Waals surface area contributed by atoms with Crippen LogP contribution in [0.25, 0.3) is 10.8 Å². The monoisotopic (exact) mass is 753 g/mol. The Kier molecular flexibility index (Phi) is 11.2. The summed E-state index contributed by atoms with van der Waals surface area (Å²) in [7, 11) is -2.39. The third-order valence-corrected chi connectivity index (χ3v) is 11.4. The number of Topliss-reactive ketones (excluding diaryl/α,β-unsaturated/α-hetero) is 1. The molecule has 15 nitrogen and oxygen atoms in total. The van der Waals surface area contributed by atoms with Crippen molar-refractivity contribution in [2.45, 2.75) is 101 Å². The fourth-order valence-electron chi connectivity index (χ4n) is 6.26. The lowest BCUT2D eigenvalue weighted by atomic mass is 10.0. The van der Waals surface area contributed by atoms with E-state index in [4.69, 9.17) is 14.2 Å². The Morgan fingerprint density at radius 1 is 1.15 bits per heavy atom. The SMILES string of the molecule is C=CC1CC1(NC(=O)C1CC(Oc2nccc3cc(OC)ccc23)CN1C(=O)C(CC(=O)C(C)=CC)NC(=O)OC(C)(C)C)C(=O)NS(=O)(=O)C1CC1. The molecule has 5 rings (SSSR count). The molecule has 5 unspecified atom stereocenters. The van der Waals surface area contributed by atoms with Crippen LogP contribution in [0.15, 0.2) is 54.8 Å². The summed E-state index contributed by atoms with van der Waals surface area (Å²) in [5, 5.41) is 5.99. The Labute approximate surface area is 308 Å². The van der Waals surface area contributed by atoms with Crippen LogP contribution in [-0.2, 0) is 33.9 Å². The molecule has 2 heterocycles. The number of carbonyl (C=O) groups excluding carboxylic acids is 5. The van der Waals surface area contributed by atoms with E-state index in [0.717, 1.165) is 5.39 Å². The summed E-state index contributed by atoms with van der Waals surface area (Å²) < 4.78 is 44.5. The number of pyridine rings is 1. The van der Waals surface area contributed by atoms with Gasteiger partial charge >= 0.3 is 6.09 Å². The van der Waals surface area contributed by atoms with Gasteiger partial charge in [0.2, 0.25) is 27.7 Å². The lowest BCUT2D eigenvalue weighted by molar-refractivity contribution is -0.141. The molecule has 53 heavy (non-hydrogen) atoms. The molecule has 286 valence electrons. The van der Waals surface area contributed by atoms with Crippen LogP contribution < -0.4 is 24.8 Å². The van der Waals surface area contributed by atoms with Crippen LogP contribution in [0.1, 0.15) is 66.7 Å². The highest BCUT2D eigenvalue weighted by Crippen LogP contribution is 2.45. The third kappa shape index (κ3) is 8.98. The molecule has 1 aliphatic heterocycles. The van der Waals surface area contributed by atoms with Gasteiger partial charge in [-0.2, -0.15) is 0 Å². The number of rotatable bonds is 14. The normalized spacial score (nSPS) is 23.4. The average Bonchev–Trinajstić information content (AvgIpc) is 4.03. The highest BCUT2D eigenvalue weighted by atomic mass is 32.2. The minimum atomic E-state index is -3.94. The predicted molar refractivity (Wildman–Crippen MR) is 194 cm³/mol. The number of methoxy groups -OCH3 is 1. The van der Waals surface area contributed by atoms with Gasteiger partial charge in [-0.15, -0.1) is 6.58 Å². The summed E-state index contributed by atoms with van der Waals surface area (Å²) in [6.07, 6.45) is 3.31. The number of alkyl carbamates (subject to hydrolysis) is 1. The Balaban J connectivity index is 1.46. The Morgan fingerprint density at radius 3 is 2.47 bits per heavy atom.